The third-order valence-corrected chi connectivity index (χ3v) is 3.97. The molecule has 27 heavy (non-hydrogen) atoms. The van der Waals surface area contributed by atoms with E-state index in [2.05, 4.69) is 0 Å². The number of aliphatic carboxylic acids is 1. The second-order valence-electron chi connectivity index (χ2n) is 4.95. The standard InChI is InChI=1S/C17H14O7S.2Na/c18-16(13-4-6-14(7-5-13)24-11-17(19)20)10-3-12-1-8-15(9-2-12)25(21,22)23;;/h1-10H,11H2,(H,19,20)(H,21,22,23);;/b10-3+;;. The fourth-order valence-corrected chi connectivity index (χ4v) is 2.36. The van der Waals surface area contributed by atoms with Gasteiger partial charge in [0.1, 0.15) is 5.75 Å². The van der Waals surface area contributed by atoms with Crippen molar-refractivity contribution in [1.82, 2.24) is 0 Å². The molecule has 132 valence electrons. The van der Waals surface area contributed by atoms with E-state index in [4.69, 9.17) is 14.4 Å². The zero-order chi connectivity index (χ0) is 18.4. The molecule has 0 aliphatic carbocycles. The average molecular weight is 408 g/mol. The molecule has 0 saturated heterocycles. The smallest absolute Gasteiger partial charge is 0.341 e. The first-order valence-corrected chi connectivity index (χ1v) is 8.44. The first kappa shape index (κ1) is 26.0. The van der Waals surface area contributed by atoms with E-state index in [0.717, 1.165) is 0 Å². The summed E-state index contributed by atoms with van der Waals surface area (Å²) in [6.45, 7) is -0.466. The number of ketones is 1. The molecule has 0 atom stereocenters. The van der Waals surface area contributed by atoms with Crippen molar-refractivity contribution < 1.29 is 32.4 Å². The van der Waals surface area contributed by atoms with Crippen LogP contribution in [0.2, 0.25) is 0 Å². The van der Waals surface area contributed by atoms with Crippen LogP contribution in [0.15, 0.2) is 59.5 Å². The molecule has 2 aromatic carbocycles. The van der Waals surface area contributed by atoms with Crippen molar-refractivity contribution in [3.05, 3.63) is 65.7 Å². The Morgan fingerprint density at radius 2 is 1.52 bits per heavy atom. The number of carbonyl (C=O) groups excluding carboxylic acids is 1. The summed E-state index contributed by atoms with van der Waals surface area (Å²) in [4.78, 5) is 22.2. The van der Waals surface area contributed by atoms with Gasteiger partial charge < -0.3 is 9.84 Å². The Labute approximate surface area is 200 Å². The fraction of sp³-hybridized carbons (Fsp3) is 0.0588. The second kappa shape index (κ2) is 11.8. The summed E-state index contributed by atoms with van der Waals surface area (Å²) in [7, 11) is -4.25. The quantitative estimate of drug-likeness (QED) is 0.309. The predicted molar refractivity (Wildman–Crippen MR) is 101 cm³/mol. The van der Waals surface area contributed by atoms with Crippen LogP contribution in [0.3, 0.4) is 0 Å². The second-order valence-corrected chi connectivity index (χ2v) is 6.37. The number of hydrogen-bond donors (Lipinski definition) is 2. The van der Waals surface area contributed by atoms with Crippen LogP contribution in [0.5, 0.6) is 5.75 Å². The maximum atomic E-state index is 12.1. The predicted octanol–water partition coefficient (Wildman–Crippen LogP) is 1.53. The van der Waals surface area contributed by atoms with Crippen molar-refractivity contribution in [3.63, 3.8) is 0 Å². The Bertz CT molecular complexity index is 905. The van der Waals surface area contributed by atoms with Gasteiger partial charge in [-0.3, -0.25) is 9.35 Å². The first-order chi connectivity index (χ1) is 11.8. The van der Waals surface area contributed by atoms with Crippen LogP contribution in [0, 0.1) is 0 Å². The van der Waals surface area contributed by atoms with Crippen LogP contribution in [-0.2, 0) is 14.9 Å². The van der Waals surface area contributed by atoms with Gasteiger partial charge in [-0.05, 0) is 48.0 Å². The Morgan fingerprint density at radius 3 is 2.00 bits per heavy atom. The number of carboxylic acid groups (broad SMARTS) is 1. The molecule has 0 aromatic heterocycles. The minimum Gasteiger partial charge on any atom is -0.482 e. The summed E-state index contributed by atoms with van der Waals surface area (Å²) in [5.41, 5.74) is 0.968. The maximum absolute atomic E-state index is 12.1. The summed E-state index contributed by atoms with van der Waals surface area (Å²) in [5, 5.41) is 8.52. The minimum absolute atomic E-state index is 0. The molecule has 0 aliphatic rings. The third kappa shape index (κ3) is 8.71. The number of allylic oxidation sites excluding steroid dienone is 1. The molecular formula is C17H14Na2O7S. The van der Waals surface area contributed by atoms with Crippen LogP contribution in [0.25, 0.3) is 6.08 Å². The van der Waals surface area contributed by atoms with Gasteiger partial charge in [-0.1, -0.05) is 18.2 Å². The van der Waals surface area contributed by atoms with E-state index in [0.29, 0.717) is 16.9 Å². The number of carbonyl (C=O) groups is 2. The van der Waals surface area contributed by atoms with Gasteiger partial charge >= 0.3 is 5.97 Å². The van der Waals surface area contributed by atoms with Gasteiger partial charge in [-0.15, -0.1) is 0 Å². The van der Waals surface area contributed by atoms with E-state index in [9.17, 15) is 18.0 Å². The molecule has 2 rings (SSSR count). The molecule has 0 amide bonds. The summed E-state index contributed by atoms with van der Waals surface area (Å²) in [6.07, 6.45) is 2.82. The van der Waals surface area contributed by atoms with Crippen molar-refractivity contribution >= 4 is 87.1 Å². The van der Waals surface area contributed by atoms with E-state index < -0.39 is 22.7 Å². The van der Waals surface area contributed by atoms with E-state index in [1.165, 1.54) is 60.7 Å². The molecule has 0 spiro atoms. The number of hydrogen-bond acceptors (Lipinski definition) is 5. The van der Waals surface area contributed by atoms with Gasteiger partial charge in [0.25, 0.3) is 10.1 Å². The Morgan fingerprint density at radius 1 is 0.963 bits per heavy atom. The molecule has 0 fully saturated rings. The molecule has 10 heteroatoms. The Kier molecular flexibility index (Phi) is 11.4. The van der Waals surface area contributed by atoms with Gasteiger partial charge in [0, 0.05) is 64.7 Å². The van der Waals surface area contributed by atoms with Gasteiger partial charge in [0.2, 0.25) is 0 Å². The van der Waals surface area contributed by atoms with E-state index in [-0.39, 0.29) is 69.8 Å². The van der Waals surface area contributed by atoms with Gasteiger partial charge in [0.05, 0.1) is 4.90 Å². The van der Waals surface area contributed by atoms with E-state index in [1.807, 2.05) is 0 Å². The van der Waals surface area contributed by atoms with Crippen LogP contribution in [-0.4, -0.2) is 95.6 Å². The number of rotatable bonds is 7. The summed E-state index contributed by atoms with van der Waals surface area (Å²) in [5.74, 6) is -1.05. The average Bonchev–Trinajstić information content (AvgIpc) is 2.58. The molecule has 0 saturated carbocycles. The van der Waals surface area contributed by atoms with Crippen LogP contribution in [0.4, 0.5) is 0 Å². The van der Waals surface area contributed by atoms with Crippen molar-refractivity contribution in [2.75, 3.05) is 6.61 Å². The molecular weight excluding hydrogens is 394 g/mol. The number of benzene rings is 2. The molecule has 7 nitrogen and oxygen atoms in total. The fourth-order valence-electron chi connectivity index (χ4n) is 1.88. The summed E-state index contributed by atoms with van der Waals surface area (Å²) in [6, 6.07) is 11.4. The SMILES string of the molecule is O=C(O)COc1ccc(C(=O)/C=C/c2ccc(S(=O)(=O)O)cc2)cc1.[Na].[Na]. The molecule has 0 bridgehead atoms. The van der Waals surface area contributed by atoms with Crippen LogP contribution < -0.4 is 4.74 Å². The van der Waals surface area contributed by atoms with Crippen molar-refractivity contribution in [2.45, 2.75) is 4.90 Å². The van der Waals surface area contributed by atoms with Crippen molar-refractivity contribution in [2.24, 2.45) is 0 Å². The van der Waals surface area contributed by atoms with Gasteiger partial charge in [-0.2, -0.15) is 8.42 Å². The first-order valence-electron chi connectivity index (χ1n) is 7.00. The Hall–Kier alpha value is -0.970. The largest absolute Gasteiger partial charge is 0.482 e. The zero-order valence-corrected chi connectivity index (χ0v) is 19.6. The molecule has 0 heterocycles. The molecule has 0 unspecified atom stereocenters. The summed E-state index contributed by atoms with van der Waals surface area (Å²) < 4.78 is 35.8. The normalized spacial score (nSPS) is 10.6. The van der Waals surface area contributed by atoms with Crippen LogP contribution >= 0.6 is 0 Å². The third-order valence-electron chi connectivity index (χ3n) is 3.11. The van der Waals surface area contributed by atoms with Crippen molar-refractivity contribution in [1.29, 1.82) is 0 Å². The minimum atomic E-state index is -4.25. The van der Waals surface area contributed by atoms with Crippen molar-refractivity contribution in [3.8, 4) is 5.75 Å². The van der Waals surface area contributed by atoms with Gasteiger partial charge in [-0.25, -0.2) is 4.79 Å². The van der Waals surface area contributed by atoms with E-state index in [1.54, 1.807) is 0 Å². The molecule has 2 N–H and O–H groups in total. The zero-order valence-electron chi connectivity index (χ0n) is 14.8. The van der Waals surface area contributed by atoms with E-state index >= 15 is 0 Å². The Balaban J connectivity index is 0.00000338. The van der Waals surface area contributed by atoms with Crippen LogP contribution in [0.1, 0.15) is 15.9 Å². The number of ether oxygens (including phenoxy) is 1. The monoisotopic (exact) mass is 408 g/mol. The number of carboxylic acids is 1. The molecule has 2 radical (unpaired) electrons. The summed E-state index contributed by atoms with van der Waals surface area (Å²) >= 11 is 0. The maximum Gasteiger partial charge on any atom is 0.341 e. The topological polar surface area (TPSA) is 118 Å². The van der Waals surface area contributed by atoms with Gasteiger partial charge in [0.15, 0.2) is 12.4 Å². The molecule has 2 aromatic rings. The molecule has 0 aliphatic heterocycles.